The first kappa shape index (κ1) is 42.3. The van der Waals surface area contributed by atoms with Gasteiger partial charge in [-0.2, -0.15) is 10.2 Å². The number of aliphatic imine (C=N–C) groups is 2. The van der Waals surface area contributed by atoms with Crippen molar-refractivity contribution in [1.29, 1.82) is 0 Å². The Morgan fingerprint density at radius 2 is 0.833 bits per heavy atom. The zero-order chi connectivity index (χ0) is 42.3. The van der Waals surface area contributed by atoms with E-state index < -0.39 is 0 Å². The number of halogens is 2. The van der Waals surface area contributed by atoms with Crippen molar-refractivity contribution in [1.82, 2.24) is 10.0 Å². The molecule has 2 aliphatic heterocycles. The molecule has 6 aromatic carbocycles. The van der Waals surface area contributed by atoms with Crippen LogP contribution in [-0.4, -0.2) is 46.2 Å². The number of hydrogen-bond acceptors (Lipinski definition) is 4. The van der Waals surface area contributed by atoms with Crippen molar-refractivity contribution in [3.63, 3.8) is 0 Å². The van der Waals surface area contributed by atoms with Crippen LogP contribution in [-0.2, 0) is 23.9 Å². The average molecular weight is 832 g/mol. The Labute approximate surface area is 365 Å². The molecule has 0 N–H and O–H groups in total. The summed E-state index contributed by atoms with van der Waals surface area (Å²) in [5, 5.41) is 15.6. The van der Waals surface area contributed by atoms with E-state index in [1.165, 1.54) is 33.4 Å². The Kier molecular flexibility index (Phi) is 13.1. The predicted octanol–water partition coefficient (Wildman–Crippen LogP) is 12.5. The molecule has 60 heavy (non-hydrogen) atoms. The fourth-order valence-corrected chi connectivity index (χ4v) is 7.90. The zero-order valence-electron chi connectivity index (χ0n) is 35.3. The van der Waals surface area contributed by atoms with Crippen molar-refractivity contribution in [2.75, 3.05) is 13.1 Å². The number of rotatable bonds is 8. The van der Waals surface area contributed by atoms with Gasteiger partial charge in [0.2, 0.25) is 0 Å². The van der Waals surface area contributed by atoms with E-state index in [-0.39, 0.29) is 10.8 Å². The summed E-state index contributed by atoms with van der Waals surface area (Å²) in [6.45, 7) is 15.6. The van der Waals surface area contributed by atoms with E-state index in [0.29, 0.717) is 13.1 Å². The molecule has 8 heteroatoms. The van der Waals surface area contributed by atoms with E-state index in [2.05, 4.69) is 125 Å². The molecule has 0 aliphatic carbocycles. The van der Waals surface area contributed by atoms with Crippen molar-refractivity contribution < 1.29 is 0 Å². The van der Waals surface area contributed by atoms with Gasteiger partial charge in [0.1, 0.15) is 11.7 Å². The van der Waals surface area contributed by atoms with Gasteiger partial charge in [0.05, 0.1) is 48.4 Å². The minimum Gasteiger partial charge on any atom is -0.266 e. The normalized spacial score (nSPS) is 19.1. The van der Waals surface area contributed by atoms with Crippen molar-refractivity contribution in [2.24, 2.45) is 20.2 Å². The molecule has 304 valence electrons. The Bertz CT molecular complexity index is 2320. The van der Waals surface area contributed by atoms with Gasteiger partial charge in [-0.3, -0.25) is 20.0 Å². The first-order valence-electron chi connectivity index (χ1n) is 20.4. The van der Waals surface area contributed by atoms with Gasteiger partial charge < -0.3 is 0 Å². The van der Waals surface area contributed by atoms with Gasteiger partial charge in [0, 0.05) is 10.0 Å². The van der Waals surface area contributed by atoms with Crippen LogP contribution in [0.5, 0.6) is 0 Å². The van der Waals surface area contributed by atoms with E-state index in [0.717, 1.165) is 57.4 Å². The average Bonchev–Trinajstić information content (AvgIpc) is 3.83. The Balaban J connectivity index is 0.000000181. The van der Waals surface area contributed by atoms with Crippen LogP contribution in [0.1, 0.15) is 72.2 Å². The first-order chi connectivity index (χ1) is 28.9. The minimum absolute atomic E-state index is 0.240. The molecule has 6 nitrogen and oxygen atoms in total. The number of aryl methyl sites for hydroxylation is 2. The third-order valence-corrected chi connectivity index (χ3v) is 11.9. The maximum absolute atomic E-state index is 6.13. The molecule has 0 fully saturated rings. The molecule has 6 aromatic rings. The summed E-state index contributed by atoms with van der Waals surface area (Å²) in [7, 11) is 0. The smallest absolute Gasteiger partial charge is 0.117 e. The van der Waals surface area contributed by atoms with Gasteiger partial charge in [-0.1, -0.05) is 168 Å². The third-order valence-electron chi connectivity index (χ3n) is 11.4. The Morgan fingerprint density at radius 3 is 1.17 bits per heavy atom. The van der Waals surface area contributed by atoms with Crippen LogP contribution in [0.15, 0.2) is 178 Å². The van der Waals surface area contributed by atoms with Crippen LogP contribution in [0.2, 0.25) is 10.0 Å². The summed E-state index contributed by atoms with van der Waals surface area (Å²) in [4.78, 5) is 9.64. The number of benzene rings is 6. The molecule has 2 unspecified atom stereocenters. The molecule has 0 bridgehead atoms. The lowest BCUT2D eigenvalue weighted by atomic mass is 9.76. The van der Waals surface area contributed by atoms with Crippen LogP contribution in [0.25, 0.3) is 0 Å². The largest absolute Gasteiger partial charge is 0.266 e. The molecule has 0 saturated carbocycles. The summed E-state index contributed by atoms with van der Waals surface area (Å²) in [6.07, 6.45) is 0. The summed E-state index contributed by atoms with van der Waals surface area (Å²) >= 11 is 12.3. The van der Waals surface area contributed by atoms with Gasteiger partial charge in [0.15, 0.2) is 0 Å². The fraction of sp³-hybridized carbons (Fsp3) is 0.231. The van der Waals surface area contributed by atoms with E-state index in [4.69, 9.17) is 43.4 Å². The second kappa shape index (κ2) is 18.6. The molecular formula is C52H52Cl2N6. The van der Waals surface area contributed by atoms with Crippen molar-refractivity contribution in [3.8, 4) is 0 Å². The number of hydrogen-bond donors (Lipinski definition) is 0. The quantitative estimate of drug-likeness (QED) is 0.113. The molecular weight excluding hydrogens is 780 g/mol. The van der Waals surface area contributed by atoms with Crippen LogP contribution in [0, 0.1) is 13.8 Å². The molecule has 2 atom stereocenters. The van der Waals surface area contributed by atoms with Gasteiger partial charge in [-0.05, 0) is 99.2 Å². The maximum atomic E-state index is 6.13. The molecule has 2 heterocycles. The summed E-state index contributed by atoms with van der Waals surface area (Å²) in [6, 6.07) is 54.0. The standard InChI is InChI=1S/2C26H26ClN3/c2*1-19-9-11-21(12-10-19)17-28-20(2)30-18-26(3,23-7-5-4-6-8-23)25(29-30)22-13-15-24(27)16-14-22/h2*4-16H,17-18H2,1-3H3. The molecule has 8 rings (SSSR count). The molecule has 2 aliphatic rings. The third kappa shape index (κ3) is 9.79. The number of hydrazone groups is 2. The monoisotopic (exact) mass is 830 g/mol. The van der Waals surface area contributed by atoms with Crippen LogP contribution < -0.4 is 0 Å². The topological polar surface area (TPSA) is 55.9 Å². The number of amidine groups is 2. The fourth-order valence-electron chi connectivity index (χ4n) is 7.65. The highest BCUT2D eigenvalue weighted by Gasteiger charge is 2.42. The predicted molar refractivity (Wildman–Crippen MR) is 253 cm³/mol. The summed E-state index contributed by atoms with van der Waals surface area (Å²) < 4.78 is 0. The second-order valence-electron chi connectivity index (χ2n) is 16.1. The van der Waals surface area contributed by atoms with Gasteiger partial charge >= 0.3 is 0 Å². The Morgan fingerprint density at radius 1 is 0.500 bits per heavy atom. The lowest BCUT2D eigenvalue weighted by molar-refractivity contribution is 0.423. The van der Waals surface area contributed by atoms with Crippen LogP contribution in [0.4, 0.5) is 0 Å². The lowest BCUT2D eigenvalue weighted by Gasteiger charge is -2.27. The van der Waals surface area contributed by atoms with E-state index >= 15 is 0 Å². The summed E-state index contributed by atoms with van der Waals surface area (Å²) in [5.74, 6) is 1.84. The summed E-state index contributed by atoms with van der Waals surface area (Å²) in [5.41, 5.74) is 11.2. The minimum atomic E-state index is -0.240. The highest BCUT2D eigenvalue weighted by atomic mass is 35.5. The SMILES string of the molecule is CC(=NCc1ccc(C)cc1)N1CC(C)(c2ccccc2)C(c2ccc(Cl)cc2)=N1.CC(=NCc1ccc(C)cc1)N1CC(C)(c2ccccc2)C(c2ccc(Cl)cc2)=N1. The first-order valence-corrected chi connectivity index (χ1v) is 21.2. The van der Waals surface area contributed by atoms with Crippen molar-refractivity contribution in [2.45, 2.75) is 65.5 Å². The molecule has 0 amide bonds. The highest BCUT2D eigenvalue weighted by Crippen LogP contribution is 2.37. The molecule has 0 spiro atoms. The lowest BCUT2D eigenvalue weighted by Crippen LogP contribution is -2.37. The van der Waals surface area contributed by atoms with Crippen molar-refractivity contribution in [3.05, 3.63) is 212 Å². The van der Waals surface area contributed by atoms with Gasteiger partial charge in [-0.15, -0.1) is 0 Å². The van der Waals surface area contributed by atoms with Crippen LogP contribution in [0.3, 0.4) is 0 Å². The highest BCUT2D eigenvalue weighted by molar-refractivity contribution is 6.31. The van der Waals surface area contributed by atoms with Gasteiger partial charge in [-0.25, -0.2) is 0 Å². The van der Waals surface area contributed by atoms with E-state index in [9.17, 15) is 0 Å². The van der Waals surface area contributed by atoms with Gasteiger partial charge in [0.25, 0.3) is 0 Å². The van der Waals surface area contributed by atoms with E-state index in [1.807, 2.05) is 84.5 Å². The zero-order valence-corrected chi connectivity index (χ0v) is 36.8. The van der Waals surface area contributed by atoms with Crippen LogP contribution >= 0.6 is 23.2 Å². The maximum Gasteiger partial charge on any atom is 0.117 e. The second-order valence-corrected chi connectivity index (χ2v) is 17.0. The molecule has 0 saturated heterocycles. The Hall–Kier alpha value is -5.82. The van der Waals surface area contributed by atoms with Crippen molar-refractivity contribution >= 4 is 46.3 Å². The molecule has 0 radical (unpaired) electrons. The van der Waals surface area contributed by atoms with E-state index in [1.54, 1.807) is 0 Å². The number of nitrogens with zero attached hydrogens (tertiary/aromatic N) is 6. The molecule has 0 aromatic heterocycles.